The van der Waals surface area contributed by atoms with Crippen molar-refractivity contribution in [3.63, 3.8) is 0 Å². The van der Waals surface area contributed by atoms with Crippen molar-refractivity contribution in [2.75, 3.05) is 11.9 Å². The van der Waals surface area contributed by atoms with Crippen LogP contribution in [-0.2, 0) is 16.4 Å². The maximum atomic E-state index is 13.3. The molecule has 3 heterocycles. The van der Waals surface area contributed by atoms with E-state index >= 15 is 0 Å². The van der Waals surface area contributed by atoms with Crippen LogP contribution in [0.5, 0.6) is 0 Å². The fraction of sp³-hybridized carbons (Fsp3) is 0.0952. The number of rotatable bonds is 5. The molecule has 2 aromatic carbocycles. The van der Waals surface area contributed by atoms with Crippen molar-refractivity contribution in [1.82, 2.24) is 19.8 Å². The minimum atomic E-state index is -4.03. The molecule has 5 aromatic rings. The van der Waals surface area contributed by atoms with Crippen molar-refractivity contribution in [3.05, 3.63) is 77.4 Å². The Labute approximate surface area is 181 Å². The molecule has 0 bridgehead atoms. The first-order valence-electron chi connectivity index (χ1n) is 9.33. The van der Waals surface area contributed by atoms with Crippen LogP contribution in [0.4, 0.5) is 10.2 Å². The molecule has 0 radical (unpaired) electrons. The summed E-state index contributed by atoms with van der Waals surface area (Å²) in [7, 11) is -2.13. The average molecular weight is 454 g/mol. The van der Waals surface area contributed by atoms with Crippen molar-refractivity contribution in [3.8, 4) is 0 Å². The monoisotopic (exact) mass is 453 g/mol. The molecule has 7 nitrogen and oxygen atoms in total. The van der Waals surface area contributed by atoms with E-state index in [1.54, 1.807) is 0 Å². The quantitative estimate of drug-likeness (QED) is 0.375. The molecule has 0 fully saturated rings. The van der Waals surface area contributed by atoms with E-state index in [4.69, 9.17) is 0 Å². The van der Waals surface area contributed by atoms with E-state index in [0.717, 1.165) is 27.9 Å². The van der Waals surface area contributed by atoms with Gasteiger partial charge in [0.15, 0.2) is 11.5 Å². The molecule has 0 saturated carbocycles. The van der Waals surface area contributed by atoms with Gasteiger partial charge in [-0.05, 0) is 41.3 Å². The van der Waals surface area contributed by atoms with Gasteiger partial charge in [0, 0.05) is 13.6 Å². The van der Waals surface area contributed by atoms with Crippen molar-refractivity contribution in [2.24, 2.45) is 0 Å². The third-order valence-corrected chi connectivity index (χ3v) is 7.47. The first-order valence-corrected chi connectivity index (χ1v) is 11.7. The van der Waals surface area contributed by atoms with Crippen LogP contribution in [-0.4, -0.2) is 35.3 Å². The van der Waals surface area contributed by atoms with E-state index < -0.39 is 15.7 Å². The normalized spacial score (nSPS) is 11.9. The summed E-state index contributed by atoms with van der Waals surface area (Å²) in [6, 6.07) is 16.4. The highest BCUT2D eigenvalue weighted by atomic mass is 32.2. The zero-order chi connectivity index (χ0) is 21.6. The van der Waals surface area contributed by atoms with E-state index in [1.165, 1.54) is 28.0 Å². The number of benzene rings is 2. The lowest BCUT2D eigenvalue weighted by atomic mass is 10.2. The predicted molar refractivity (Wildman–Crippen MR) is 117 cm³/mol. The second kappa shape index (κ2) is 7.40. The summed E-state index contributed by atoms with van der Waals surface area (Å²) in [5.74, 6) is 0.119. The SMILES string of the molecule is CN(Cc1ccccc1)c1nc2c(S(=O)(=O)c3ccc(F)cc3)nnn2c2ccsc12. The summed E-state index contributed by atoms with van der Waals surface area (Å²) in [6.07, 6.45) is 0. The Morgan fingerprint density at radius 1 is 1.06 bits per heavy atom. The molecular formula is C21H16FN5O2S2. The lowest BCUT2D eigenvalue weighted by Gasteiger charge is -2.19. The molecule has 156 valence electrons. The first-order chi connectivity index (χ1) is 14.9. The van der Waals surface area contributed by atoms with Crippen LogP contribution >= 0.6 is 11.3 Å². The maximum Gasteiger partial charge on any atom is 0.229 e. The van der Waals surface area contributed by atoms with Gasteiger partial charge in [0.2, 0.25) is 14.9 Å². The van der Waals surface area contributed by atoms with E-state index in [1.807, 2.05) is 53.7 Å². The van der Waals surface area contributed by atoms with Gasteiger partial charge in [0.05, 0.1) is 15.1 Å². The van der Waals surface area contributed by atoms with Crippen LogP contribution in [0.2, 0.25) is 0 Å². The molecule has 0 N–H and O–H groups in total. The van der Waals surface area contributed by atoms with E-state index in [9.17, 15) is 12.8 Å². The molecule has 0 aliphatic carbocycles. The second-order valence-electron chi connectivity index (χ2n) is 7.00. The number of nitrogens with zero attached hydrogens (tertiary/aromatic N) is 5. The lowest BCUT2D eigenvalue weighted by Crippen LogP contribution is -2.18. The van der Waals surface area contributed by atoms with Gasteiger partial charge in [-0.2, -0.15) is 4.52 Å². The topological polar surface area (TPSA) is 80.5 Å². The number of sulfone groups is 1. The minimum Gasteiger partial charge on any atom is -0.354 e. The Balaban J connectivity index is 1.67. The standard InChI is InChI=1S/C21H16FN5O2S2/c1-26(13-14-5-3-2-4-6-14)19-18-17(11-12-30-18)27-20(23-19)21(24-25-27)31(28,29)16-9-7-15(22)8-10-16/h2-12H,13H2,1H3. The Morgan fingerprint density at radius 3 is 2.55 bits per heavy atom. The van der Waals surface area contributed by atoms with Crippen LogP contribution in [0, 0.1) is 5.82 Å². The summed E-state index contributed by atoms with van der Waals surface area (Å²) in [5.41, 5.74) is 1.95. The molecule has 0 spiro atoms. The van der Waals surface area contributed by atoms with E-state index in [2.05, 4.69) is 15.3 Å². The smallest absolute Gasteiger partial charge is 0.229 e. The van der Waals surface area contributed by atoms with E-state index in [0.29, 0.717) is 12.4 Å². The number of halogens is 1. The molecule has 31 heavy (non-hydrogen) atoms. The summed E-state index contributed by atoms with van der Waals surface area (Å²) in [6.45, 7) is 0.596. The molecule has 0 saturated heterocycles. The van der Waals surface area contributed by atoms with Crippen LogP contribution in [0.3, 0.4) is 0 Å². The molecule has 0 aliphatic heterocycles. The van der Waals surface area contributed by atoms with Crippen molar-refractivity contribution < 1.29 is 12.8 Å². The average Bonchev–Trinajstić information content (AvgIpc) is 3.41. The fourth-order valence-electron chi connectivity index (χ4n) is 3.40. The Morgan fingerprint density at radius 2 is 1.81 bits per heavy atom. The summed E-state index contributed by atoms with van der Waals surface area (Å²) >= 11 is 1.50. The number of hydrogen-bond acceptors (Lipinski definition) is 7. The molecule has 0 atom stereocenters. The number of thiophene rings is 1. The highest BCUT2D eigenvalue weighted by Gasteiger charge is 2.28. The van der Waals surface area contributed by atoms with Gasteiger partial charge in [-0.25, -0.2) is 17.8 Å². The van der Waals surface area contributed by atoms with Crippen molar-refractivity contribution in [2.45, 2.75) is 16.5 Å². The van der Waals surface area contributed by atoms with Crippen molar-refractivity contribution >= 4 is 42.9 Å². The van der Waals surface area contributed by atoms with Gasteiger partial charge in [-0.1, -0.05) is 35.5 Å². The highest BCUT2D eigenvalue weighted by molar-refractivity contribution is 7.91. The number of aromatic nitrogens is 4. The molecule has 0 aliphatic rings. The molecule has 3 aromatic heterocycles. The first kappa shape index (κ1) is 19.6. The molecule has 10 heteroatoms. The van der Waals surface area contributed by atoms with Crippen LogP contribution < -0.4 is 4.90 Å². The van der Waals surface area contributed by atoms with Gasteiger partial charge < -0.3 is 4.90 Å². The van der Waals surface area contributed by atoms with Gasteiger partial charge >= 0.3 is 0 Å². The number of fused-ring (bicyclic) bond motifs is 3. The Kier molecular flexibility index (Phi) is 4.67. The van der Waals surface area contributed by atoms with Gasteiger partial charge in [0.1, 0.15) is 5.82 Å². The molecule has 0 amide bonds. The number of anilines is 1. The molecule has 0 unspecified atom stereocenters. The lowest BCUT2D eigenvalue weighted by molar-refractivity contribution is 0.591. The summed E-state index contributed by atoms with van der Waals surface area (Å²) in [4.78, 5) is 6.56. The molecule has 5 rings (SSSR count). The highest BCUT2D eigenvalue weighted by Crippen LogP contribution is 2.33. The third-order valence-electron chi connectivity index (χ3n) is 4.91. The van der Waals surface area contributed by atoms with Gasteiger partial charge in [-0.3, -0.25) is 0 Å². The fourth-order valence-corrected chi connectivity index (χ4v) is 5.55. The second-order valence-corrected chi connectivity index (χ2v) is 9.78. The van der Waals surface area contributed by atoms with Crippen molar-refractivity contribution in [1.29, 1.82) is 0 Å². The van der Waals surface area contributed by atoms with E-state index in [-0.39, 0.29) is 15.6 Å². The summed E-state index contributed by atoms with van der Waals surface area (Å²) in [5, 5.41) is 9.63. The Hall–Kier alpha value is -3.37. The Bertz CT molecular complexity index is 1500. The summed E-state index contributed by atoms with van der Waals surface area (Å²) < 4.78 is 42.0. The maximum absolute atomic E-state index is 13.3. The zero-order valence-corrected chi connectivity index (χ0v) is 17.9. The van der Waals surface area contributed by atoms with Crippen LogP contribution in [0.15, 0.2) is 76.0 Å². The molecular weight excluding hydrogens is 437 g/mol. The largest absolute Gasteiger partial charge is 0.354 e. The predicted octanol–water partition coefficient (Wildman–Crippen LogP) is 3.95. The number of hydrogen-bond donors (Lipinski definition) is 0. The van der Waals surface area contributed by atoms with Crippen LogP contribution in [0.25, 0.3) is 15.9 Å². The van der Waals surface area contributed by atoms with Crippen LogP contribution in [0.1, 0.15) is 5.56 Å². The minimum absolute atomic E-state index is 0.0669. The van der Waals surface area contributed by atoms with Gasteiger partial charge in [0.25, 0.3) is 0 Å². The third kappa shape index (κ3) is 3.33. The zero-order valence-electron chi connectivity index (χ0n) is 16.3. The van der Waals surface area contributed by atoms with Gasteiger partial charge in [-0.15, -0.1) is 16.4 Å².